The monoisotopic (exact) mass is 209 g/mol. The normalized spacial score (nSPS) is 11.7. The number of aromatic nitrogens is 1. The van der Waals surface area contributed by atoms with E-state index in [-0.39, 0.29) is 0 Å². The predicted molar refractivity (Wildman–Crippen MR) is 62.1 cm³/mol. The van der Waals surface area contributed by atoms with Crippen LogP contribution in [0.2, 0.25) is 0 Å². The van der Waals surface area contributed by atoms with Crippen molar-refractivity contribution in [3.05, 3.63) is 23.0 Å². The Labute approximate surface area is 91.7 Å². The summed E-state index contributed by atoms with van der Waals surface area (Å²) in [6, 6.07) is 2.07. The van der Waals surface area contributed by atoms with Crippen molar-refractivity contribution in [1.82, 2.24) is 4.98 Å². The molecule has 3 heteroatoms. The number of aryl methyl sites for hydroxylation is 2. The Morgan fingerprint density at radius 2 is 2.07 bits per heavy atom. The Balaban J connectivity index is 2.53. The van der Waals surface area contributed by atoms with E-state index in [4.69, 9.17) is 0 Å². The third-order valence-electron chi connectivity index (χ3n) is 2.46. The van der Waals surface area contributed by atoms with E-state index in [1.807, 2.05) is 6.92 Å². The summed E-state index contributed by atoms with van der Waals surface area (Å²) in [7, 11) is 6.55. The van der Waals surface area contributed by atoms with E-state index < -0.39 is 0 Å². The molecule has 15 heavy (non-hydrogen) atoms. The Bertz CT molecular complexity index is 334. The molecule has 0 spiro atoms. The number of hydrogen-bond acceptors (Lipinski definition) is 1. The number of quaternary nitrogens is 1. The molecule has 0 atom stereocenters. The van der Waals surface area contributed by atoms with E-state index in [9.17, 15) is 4.79 Å². The predicted octanol–water partition coefficient (Wildman–Crippen LogP) is 1.77. The second-order valence-electron chi connectivity index (χ2n) is 5.13. The number of hydrogen-bond donors (Lipinski definition) is 1. The molecule has 1 N–H and O–H groups in total. The van der Waals surface area contributed by atoms with Crippen LogP contribution in [0.15, 0.2) is 6.07 Å². The van der Waals surface area contributed by atoms with Gasteiger partial charge in [-0.25, -0.2) is 0 Å². The van der Waals surface area contributed by atoms with Gasteiger partial charge in [0.05, 0.1) is 33.4 Å². The van der Waals surface area contributed by atoms with Crippen LogP contribution in [-0.4, -0.2) is 43.4 Å². The zero-order valence-electron chi connectivity index (χ0n) is 10.1. The molecular formula is C12H21N2O+. The molecule has 1 aromatic rings. The van der Waals surface area contributed by atoms with Gasteiger partial charge in [0.15, 0.2) is 6.29 Å². The van der Waals surface area contributed by atoms with Crippen molar-refractivity contribution in [2.24, 2.45) is 0 Å². The molecule has 0 radical (unpaired) electrons. The topological polar surface area (TPSA) is 32.9 Å². The van der Waals surface area contributed by atoms with Gasteiger partial charge in [-0.05, 0) is 25.0 Å². The van der Waals surface area contributed by atoms with E-state index >= 15 is 0 Å². The molecule has 0 aromatic carbocycles. The molecule has 1 rings (SSSR count). The van der Waals surface area contributed by atoms with E-state index in [1.165, 1.54) is 0 Å². The van der Waals surface area contributed by atoms with Gasteiger partial charge >= 0.3 is 0 Å². The molecule has 3 nitrogen and oxygen atoms in total. The van der Waals surface area contributed by atoms with Crippen molar-refractivity contribution in [3.8, 4) is 0 Å². The van der Waals surface area contributed by atoms with E-state index in [0.29, 0.717) is 0 Å². The van der Waals surface area contributed by atoms with Crippen LogP contribution in [-0.2, 0) is 6.42 Å². The van der Waals surface area contributed by atoms with Crippen LogP contribution < -0.4 is 0 Å². The number of nitrogens with one attached hydrogen (secondary N) is 1. The van der Waals surface area contributed by atoms with Crippen molar-refractivity contribution in [1.29, 1.82) is 0 Å². The standard InChI is InChI=1S/C12H20N2O/c1-10-8-11(12(9-15)13-10)6-5-7-14(2,3)4/h8-9H,5-7H2,1-4H3/p+1. The van der Waals surface area contributed by atoms with E-state index in [2.05, 4.69) is 32.2 Å². The highest BCUT2D eigenvalue weighted by atomic mass is 16.1. The van der Waals surface area contributed by atoms with Gasteiger partial charge in [0.2, 0.25) is 0 Å². The van der Waals surface area contributed by atoms with Gasteiger partial charge in [-0.1, -0.05) is 0 Å². The highest BCUT2D eigenvalue weighted by Crippen LogP contribution is 2.11. The first-order valence-corrected chi connectivity index (χ1v) is 5.36. The van der Waals surface area contributed by atoms with Crippen molar-refractivity contribution in [3.63, 3.8) is 0 Å². The Morgan fingerprint density at radius 1 is 1.40 bits per heavy atom. The van der Waals surface area contributed by atoms with Crippen molar-refractivity contribution < 1.29 is 9.28 Å². The Hall–Kier alpha value is -1.09. The Morgan fingerprint density at radius 3 is 2.60 bits per heavy atom. The first-order valence-electron chi connectivity index (χ1n) is 5.36. The minimum absolute atomic E-state index is 0.744. The number of carbonyl (C=O) groups is 1. The summed E-state index contributed by atoms with van der Waals surface area (Å²) in [4.78, 5) is 13.8. The largest absolute Gasteiger partial charge is 0.356 e. The Kier molecular flexibility index (Phi) is 3.69. The summed E-state index contributed by atoms with van der Waals surface area (Å²) < 4.78 is 0.972. The summed E-state index contributed by atoms with van der Waals surface area (Å²) in [6.45, 7) is 3.11. The lowest BCUT2D eigenvalue weighted by Gasteiger charge is -2.23. The highest BCUT2D eigenvalue weighted by molar-refractivity contribution is 5.74. The highest BCUT2D eigenvalue weighted by Gasteiger charge is 2.09. The molecule has 0 unspecified atom stereocenters. The van der Waals surface area contributed by atoms with Crippen molar-refractivity contribution >= 4 is 6.29 Å². The molecule has 84 valence electrons. The van der Waals surface area contributed by atoms with Crippen LogP contribution in [0.1, 0.15) is 28.2 Å². The van der Waals surface area contributed by atoms with Crippen LogP contribution in [0, 0.1) is 6.92 Å². The number of rotatable bonds is 5. The molecule has 1 aromatic heterocycles. The maximum atomic E-state index is 10.8. The van der Waals surface area contributed by atoms with E-state index in [1.54, 1.807) is 0 Å². The quantitative estimate of drug-likeness (QED) is 0.582. The number of aldehydes is 1. The van der Waals surface area contributed by atoms with Crippen LogP contribution in [0.25, 0.3) is 0 Å². The fourth-order valence-corrected chi connectivity index (χ4v) is 1.72. The third-order valence-corrected chi connectivity index (χ3v) is 2.46. The second kappa shape index (κ2) is 4.62. The fourth-order valence-electron chi connectivity index (χ4n) is 1.72. The molecule has 0 aliphatic heterocycles. The summed E-state index contributed by atoms with van der Waals surface area (Å²) in [6.07, 6.45) is 3.00. The number of nitrogens with zero attached hydrogens (tertiary/aromatic N) is 1. The first-order chi connectivity index (χ1) is 6.92. The molecular weight excluding hydrogens is 188 g/mol. The summed E-state index contributed by atoms with van der Waals surface area (Å²) >= 11 is 0. The van der Waals surface area contributed by atoms with Gasteiger partial charge in [-0.15, -0.1) is 0 Å². The van der Waals surface area contributed by atoms with Crippen molar-refractivity contribution in [2.45, 2.75) is 19.8 Å². The van der Waals surface area contributed by atoms with Gasteiger partial charge in [0.1, 0.15) is 0 Å². The number of H-pyrrole nitrogens is 1. The van der Waals surface area contributed by atoms with Crippen LogP contribution in [0.3, 0.4) is 0 Å². The van der Waals surface area contributed by atoms with Gasteiger partial charge in [0.25, 0.3) is 0 Å². The maximum absolute atomic E-state index is 10.8. The molecule has 0 saturated carbocycles. The van der Waals surface area contributed by atoms with Crippen molar-refractivity contribution in [2.75, 3.05) is 27.7 Å². The molecule has 0 fully saturated rings. The molecule has 0 aliphatic rings. The minimum Gasteiger partial charge on any atom is -0.356 e. The van der Waals surface area contributed by atoms with Crippen LogP contribution >= 0.6 is 0 Å². The van der Waals surface area contributed by atoms with Crippen LogP contribution in [0.5, 0.6) is 0 Å². The zero-order valence-corrected chi connectivity index (χ0v) is 10.1. The lowest BCUT2D eigenvalue weighted by Crippen LogP contribution is -2.35. The maximum Gasteiger partial charge on any atom is 0.166 e. The third kappa shape index (κ3) is 3.88. The molecule has 0 aliphatic carbocycles. The number of aromatic amines is 1. The minimum atomic E-state index is 0.744. The summed E-state index contributed by atoms with van der Waals surface area (Å²) in [5.74, 6) is 0. The first kappa shape index (κ1) is 12.0. The molecule has 0 saturated heterocycles. The zero-order chi connectivity index (χ0) is 11.5. The van der Waals surface area contributed by atoms with E-state index in [0.717, 1.165) is 47.1 Å². The lowest BCUT2D eigenvalue weighted by atomic mass is 10.1. The lowest BCUT2D eigenvalue weighted by molar-refractivity contribution is -0.870. The van der Waals surface area contributed by atoms with Gasteiger partial charge in [-0.2, -0.15) is 0 Å². The smallest absolute Gasteiger partial charge is 0.166 e. The molecule has 0 bridgehead atoms. The second-order valence-corrected chi connectivity index (χ2v) is 5.13. The average Bonchev–Trinajstić information content (AvgIpc) is 2.44. The van der Waals surface area contributed by atoms with Gasteiger partial charge in [-0.3, -0.25) is 4.79 Å². The summed E-state index contributed by atoms with van der Waals surface area (Å²) in [5.41, 5.74) is 2.96. The summed E-state index contributed by atoms with van der Waals surface area (Å²) in [5, 5.41) is 0. The van der Waals surface area contributed by atoms with Gasteiger partial charge in [0, 0.05) is 12.1 Å². The van der Waals surface area contributed by atoms with Gasteiger partial charge < -0.3 is 9.47 Å². The number of carbonyl (C=O) groups excluding carboxylic acids is 1. The SMILES string of the molecule is Cc1cc(CCC[N+](C)(C)C)c(C=O)[nH]1. The molecule has 0 amide bonds. The van der Waals surface area contributed by atoms with Crippen LogP contribution in [0.4, 0.5) is 0 Å². The fraction of sp³-hybridized carbons (Fsp3) is 0.583. The average molecular weight is 209 g/mol. The molecule has 1 heterocycles.